The van der Waals surface area contributed by atoms with Gasteiger partial charge in [-0.15, -0.1) is 0 Å². The highest BCUT2D eigenvalue weighted by Crippen LogP contribution is 2.67. The van der Waals surface area contributed by atoms with Crippen molar-refractivity contribution in [2.24, 2.45) is 34.5 Å². The van der Waals surface area contributed by atoms with Crippen molar-refractivity contribution in [3.63, 3.8) is 0 Å². The van der Waals surface area contributed by atoms with Crippen LogP contribution in [0.4, 0.5) is 8.78 Å². The number of ketones is 2. The van der Waals surface area contributed by atoms with Crippen molar-refractivity contribution in [3.8, 4) is 0 Å². The summed E-state index contributed by atoms with van der Waals surface area (Å²) in [4.78, 5) is 24.2. The SMILES string of the molecule is C[C@H]1C[C@H]2[C@@H]3C=C(F)C4=CC(=O)C=C[C@]4(C)[C@H]3[C@@H](O)C[C@]2(C)[C@@]1(O)C(=O)CF. The summed E-state index contributed by atoms with van der Waals surface area (Å²) in [5.74, 6) is -3.27. The number of Topliss-reactive ketones (excluding diaryl/α,β-unsaturated/α-hetero) is 1. The van der Waals surface area contributed by atoms with Gasteiger partial charge in [0, 0.05) is 22.3 Å². The molecule has 0 amide bonds. The predicted molar refractivity (Wildman–Crippen MR) is 98.4 cm³/mol. The average Bonchev–Trinajstić information content (AvgIpc) is 2.83. The van der Waals surface area contributed by atoms with Crippen LogP contribution in [0.3, 0.4) is 0 Å². The molecule has 4 aliphatic rings. The van der Waals surface area contributed by atoms with Crippen molar-refractivity contribution in [3.05, 3.63) is 35.7 Å². The molecular weight excluding hydrogens is 366 g/mol. The van der Waals surface area contributed by atoms with E-state index in [0.29, 0.717) is 6.42 Å². The molecule has 0 saturated heterocycles. The largest absolute Gasteiger partial charge is 0.393 e. The Bertz CT molecular complexity index is 845. The predicted octanol–water partition coefficient (Wildman–Crippen LogP) is 2.85. The monoisotopic (exact) mass is 392 g/mol. The van der Waals surface area contributed by atoms with E-state index in [4.69, 9.17) is 0 Å². The van der Waals surface area contributed by atoms with Crippen LogP contribution >= 0.6 is 0 Å². The molecule has 0 bridgehead atoms. The van der Waals surface area contributed by atoms with Crippen LogP contribution in [0, 0.1) is 34.5 Å². The van der Waals surface area contributed by atoms with E-state index >= 15 is 4.39 Å². The molecule has 0 unspecified atom stereocenters. The minimum absolute atomic E-state index is 0.117. The van der Waals surface area contributed by atoms with Crippen LogP contribution in [0.25, 0.3) is 0 Å². The first-order valence-electron chi connectivity index (χ1n) is 9.83. The van der Waals surface area contributed by atoms with Gasteiger partial charge in [0.15, 0.2) is 18.2 Å². The summed E-state index contributed by atoms with van der Waals surface area (Å²) in [7, 11) is 0. The Morgan fingerprint density at radius 1 is 1.36 bits per heavy atom. The number of carbonyl (C=O) groups excluding carboxylic acids is 2. The van der Waals surface area contributed by atoms with E-state index in [2.05, 4.69) is 0 Å². The quantitative estimate of drug-likeness (QED) is 0.758. The fraction of sp³-hybridized carbons (Fsp3) is 0.636. The van der Waals surface area contributed by atoms with Crippen LogP contribution in [0.1, 0.15) is 33.6 Å². The lowest BCUT2D eigenvalue weighted by Crippen LogP contribution is -2.62. The van der Waals surface area contributed by atoms with E-state index in [1.54, 1.807) is 19.9 Å². The molecule has 0 aromatic rings. The lowest BCUT2D eigenvalue weighted by Gasteiger charge is -2.58. The van der Waals surface area contributed by atoms with E-state index in [1.165, 1.54) is 18.2 Å². The summed E-state index contributed by atoms with van der Waals surface area (Å²) in [5.41, 5.74) is -3.53. The van der Waals surface area contributed by atoms with Gasteiger partial charge in [-0.1, -0.05) is 26.8 Å². The Hall–Kier alpha value is -1.66. The molecule has 4 aliphatic carbocycles. The molecule has 0 aliphatic heterocycles. The fourth-order valence-corrected chi connectivity index (χ4v) is 6.90. The highest BCUT2D eigenvalue weighted by molar-refractivity contribution is 6.01. The van der Waals surface area contributed by atoms with Crippen LogP contribution in [-0.4, -0.2) is 40.2 Å². The zero-order valence-corrected chi connectivity index (χ0v) is 16.3. The molecule has 2 fully saturated rings. The molecule has 0 heterocycles. The minimum atomic E-state index is -1.89. The first-order chi connectivity index (χ1) is 13.0. The molecule has 0 spiro atoms. The molecule has 2 saturated carbocycles. The Labute approximate surface area is 163 Å². The lowest BCUT2D eigenvalue weighted by molar-refractivity contribution is -0.176. The summed E-state index contributed by atoms with van der Waals surface area (Å²) < 4.78 is 28.4. The Kier molecular flexibility index (Phi) is 4.16. The molecule has 152 valence electrons. The number of alkyl halides is 1. The number of allylic oxidation sites excluding steroid dienone is 6. The average molecular weight is 392 g/mol. The van der Waals surface area contributed by atoms with Crippen molar-refractivity contribution >= 4 is 11.6 Å². The van der Waals surface area contributed by atoms with E-state index < -0.39 is 58.6 Å². The molecule has 6 heteroatoms. The normalized spacial score (nSPS) is 49.7. The third-order valence-corrected chi connectivity index (χ3v) is 8.23. The fourth-order valence-electron chi connectivity index (χ4n) is 6.90. The summed E-state index contributed by atoms with van der Waals surface area (Å²) in [6.45, 7) is 3.98. The summed E-state index contributed by atoms with van der Waals surface area (Å²) in [5, 5.41) is 22.4. The number of aliphatic hydroxyl groups excluding tert-OH is 1. The molecule has 8 atom stereocenters. The van der Waals surface area contributed by atoms with Gasteiger partial charge < -0.3 is 10.2 Å². The van der Waals surface area contributed by atoms with Gasteiger partial charge in [0.25, 0.3) is 0 Å². The van der Waals surface area contributed by atoms with Gasteiger partial charge in [-0.2, -0.15) is 0 Å². The van der Waals surface area contributed by atoms with E-state index in [0.717, 1.165) is 0 Å². The topological polar surface area (TPSA) is 74.6 Å². The highest BCUT2D eigenvalue weighted by Gasteiger charge is 2.70. The third-order valence-electron chi connectivity index (χ3n) is 8.23. The number of fused-ring (bicyclic) bond motifs is 5. The number of aliphatic hydroxyl groups is 2. The second-order valence-corrected chi connectivity index (χ2v) is 9.45. The number of halogens is 2. The molecule has 2 N–H and O–H groups in total. The first kappa shape index (κ1) is 19.6. The van der Waals surface area contributed by atoms with Crippen LogP contribution in [-0.2, 0) is 9.59 Å². The summed E-state index contributed by atoms with van der Waals surface area (Å²) in [6, 6.07) is 0. The van der Waals surface area contributed by atoms with Crippen molar-refractivity contribution in [2.75, 3.05) is 6.67 Å². The van der Waals surface area contributed by atoms with E-state index in [1.807, 2.05) is 6.92 Å². The van der Waals surface area contributed by atoms with Crippen molar-refractivity contribution < 1.29 is 28.6 Å². The van der Waals surface area contributed by atoms with Crippen molar-refractivity contribution in [2.45, 2.75) is 45.3 Å². The smallest absolute Gasteiger partial charge is 0.196 e. The maximum absolute atomic E-state index is 15.1. The molecule has 0 aromatic heterocycles. The van der Waals surface area contributed by atoms with Crippen LogP contribution in [0.2, 0.25) is 0 Å². The van der Waals surface area contributed by atoms with Gasteiger partial charge in [-0.3, -0.25) is 9.59 Å². The lowest BCUT2D eigenvalue weighted by atomic mass is 9.47. The van der Waals surface area contributed by atoms with Gasteiger partial charge in [0.05, 0.1) is 6.10 Å². The van der Waals surface area contributed by atoms with Gasteiger partial charge in [-0.05, 0) is 48.8 Å². The van der Waals surface area contributed by atoms with Gasteiger partial charge >= 0.3 is 0 Å². The number of hydrogen-bond donors (Lipinski definition) is 2. The zero-order chi connectivity index (χ0) is 20.6. The van der Waals surface area contributed by atoms with Crippen molar-refractivity contribution in [1.82, 2.24) is 0 Å². The third kappa shape index (κ3) is 2.16. The Balaban J connectivity index is 1.87. The number of hydrogen-bond acceptors (Lipinski definition) is 4. The highest BCUT2D eigenvalue weighted by atomic mass is 19.1. The number of carbonyl (C=O) groups is 2. The minimum Gasteiger partial charge on any atom is -0.393 e. The standard InChI is InChI=1S/C22H26F2O4/c1-11-6-14-13-8-16(24)15-7-12(25)4-5-20(15,2)19(13)17(26)9-21(14,3)22(11,28)18(27)10-23/h4-5,7-8,11,13-14,17,19,26,28H,6,9-10H2,1-3H3/t11-,13-,14-,17-,19+,20-,21-,22-/m0/s1. The van der Waals surface area contributed by atoms with Crippen LogP contribution in [0.5, 0.6) is 0 Å². The molecule has 4 rings (SSSR count). The second kappa shape index (κ2) is 5.92. The molecule has 28 heavy (non-hydrogen) atoms. The van der Waals surface area contributed by atoms with Gasteiger partial charge in [0.2, 0.25) is 0 Å². The zero-order valence-electron chi connectivity index (χ0n) is 16.3. The summed E-state index contributed by atoms with van der Waals surface area (Å²) in [6.07, 6.45) is 5.40. The maximum Gasteiger partial charge on any atom is 0.196 e. The molecular formula is C22H26F2O4. The van der Waals surface area contributed by atoms with Gasteiger partial charge in [0.1, 0.15) is 11.4 Å². The molecule has 0 radical (unpaired) electrons. The Morgan fingerprint density at radius 2 is 2.04 bits per heavy atom. The van der Waals surface area contributed by atoms with E-state index in [-0.39, 0.29) is 23.7 Å². The van der Waals surface area contributed by atoms with Crippen molar-refractivity contribution in [1.29, 1.82) is 0 Å². The Morgan fingerprint density at radius 3 is 2.68 bits per heavy atom. The molecule has 4 nitrogen and oxygen atoms in total. The molecule has 0 aromatic carbocycles. The number of rotatable bonds is 2. The van der Waals surface area contributed by atoms with E-state index in [9.17, 15) is 24.2 Å². The van der Waals surface area contributed by atoms with Crippen LogP contribution < -0.4 is 0 Å². The first-order valence-corrected chi connectivity index (χ1v) is 9.83. The summed E-state index contributed by atoms with van der Waals surface area (Å²) >= 11 is 0. The van der Waals surface area contributed by atoms with Gasteiger partial charge in [-0.25, -0.2) is 8.78 Å². The van der Waals surface area contributed by atoms with Crippen LogP contribution in [0.15, 0.2) is 35.7 Å². The maximum atomic E-state index is 15.1. The second-order valence-electron chi connectivity index (χ2n) is 9.45.